The first kappa shape index (κ1) is 16.5. The van der Waals surface area contributed by atoms with Gasteiger partial charge in [0, 0.05) is 30.3 Å². The van der Waals surface area contributed by atoms with E-state index < -0.39 is 0 Å². The molecule has 8 heteroatoms. The quantitative estimate of drug-likeness (QED) is 0.833. The summed E-state index contributed by atoms with van der Waals surface area (Å²) in [5.41, 5.74) is 7.94. The van der Waals surface area contributed by atoms with Crippen molar-refractivity contribution in [1.29, 1.82) is 0 Å². The topological polar surface area (TPSA) is 89.6 Å². The van der Waals surface area contributed by atoms with Crippen LogP contribution in [0.1, 0.15) is 18.4 Å². The predicted molar refractivity (Wildman–Crippen MR) is 105 cm³/mol. The van der Waals surface area contributed by atoms with Crippen molar-refractivity contribution in [2.75, 3.05) is 48.5 Å². The molecule has 3 fully saturated rings. The zero-order chi connectivity index (χ0) is 18.7. The highest BCUT2D eigenvalue weighted by atomic mass is 16.5. The number of ether oxygens (including phenoxy) is 2. The molecule has 28 heavy (non-hydrogen) atoms. The Morgan fingerprint density at radius 2 is 1.75 bits per heavy atom. The molecule has 0 aliphatic carbocycles. The van der Waals surface area contributed by atoms with Crippen LogP contribution in [0, 0.1) is 0 Å². The van der Waals surface area contributed by atoms with Crippen molar-refractivity contribution in [3.8, 4) is 11.4 Å². The maximum absolute atomic E-state index is 5.81. The minimum Gasteiger partial charge on any atom is -0.384 e. The molecule has 2 aromatic heterocycles. The van der Waals surface area contributed by atoms with Crippen LogP contribution in [0.2, 0.25) is 0 Å². The molecule has 4 aliphatic heterocycles. The highest BCUT2D eigenvalue weighted by Gasteiger charge is 2.43. The van der Waals surface area contributed by atoms with E-state index in [1.54, 1.807) is 6.20 Å². The third-order valence-electron chi connectivity index (χ3n) is 6.43. The summed E-state index contributed by atoms with van der Waals surface area (Å²) in [4.78, 5) is 19.2. The van der Waals surface area contributed by atoms with E-state index in [9.17, 15) is 0 Å². The highest BCUT2D eigenvalue weighted by molar-refractivity contribution is 5.71. The molecule has 6 rings (SSSR count). The molecule has 0 saturated carbocycles. The Balaban J connectivity index is 1.50. The van der Waals surface area contributed by atoms with Gasteiger partial charge in [0.25, 0.3) is 0 Å². The molecule has 8 nitrogen and oxygen atoms in total. The van der Waals surface area contributed by atoms with Gasteiger partial charge in [0.2, 0.25) is 0 Å². The molecule has 2 bridgehead atoms. The average Bonchev–Trinajstić information content (AvgIpc) is 3.21. The van der Waals surface area contributed by atoms with Crippen LogP contribution in [0.15, 0.2) is 18.3 Å². The Labute approximate surface area is 163 Å². The van der Waals surface area contributed by atoms with Crippen LogP contribution in [0.3, 0.4) is 0 Å². The van der Waals surface area contributed by atoms with Crippen molar-refractivity contribution >= 4 is 17.5 Å². The largest absolute Gasteiger partial charge is 0.384 e. The van der Waals surface area contributed by atoms with Gasteiger partial charge in [0.05, 0.1) is 44.6 Å². The van der Waals surface area contributed by atoms with Crippen LogP contribution in [0.25, 0.3) is 11.4 Å². The Bertz CT molecular complexity index is 888. The number of anilines is 3. The number of aromatic nitrogens is 3. The minimum absolute atomic E-state index is 0.357. The fourth-order valence-electron chi connectivity index (χ4n) is 5.07. The molecule has 0 spiro atoms. The summed E-state index contributed by atoms with van der Waals surface area (Å²) in [6.45, 7) is 3.94. The van der Waals surface area contributed by atoms with Gasteiger partial charge in [0.1, 0.15) is 17.5 Å². The second kappa shape index (κ2) is 6.28. The van der Waals surface area contributed by atoms with Crippen LogP contribution in [0.4, 0.5) is 17.5 Å². The van der Waals surface area contributed by atoms with E-state index in [-0.39, 0.29) is 0 Å². The van der Waals surface area contributed by atoms with Crippen molar-refractivity contribution in [2.45, 2.75) is 37.4 Å². The van der Waals surface area contributed by atoms with Gasteiger partial charge in [0.15, 0.2) is 5.82 Å². The van der Waals surface area contributed by atoms with E-state index >= 15 is 0 Å². The normalized spacial score (nSPS) is 28.4. The van der Waals surface area contributed by atoms with Crippen molar-refractivity contribution < 1.29 is 9.47 Å². The lowest BCUT2D eigenvalue weighted by molar-refractivity contribution is 0.0900. The molecule has 6 heterocycles. The van der Waals surface area contributed by atoms with Crippen LogP contribution in [0.5, 0.6) is 0 Å². The monoisotopic (exact) mass is 380 g/mol. The SMILES string of the molecule is Nc1ccc(-c2nc(N3C4CCC3COC4)c3c(n2)N2CCOC[C@@H]2C3)cn1. The molecule has 3 atom stereocenters. The Morgan fingerprint density at radius 3 is 2.54 bits per heavy atom. The lowest BCUT2D eigenvalue weighted by atomic mass is 10.1. The average molecular weight is 380 g/mol. The molecule has 0 amide bonds. The van der Waals surface area contributed by atoms with E-state index in [0.29, 0.717) is 23.9 Å². The Kier molecular flexibility index (Phi) is 3.70. The van der Waals surface area contributed by atoms with Gasteiger partial charge in [-0.25, -0.2) is 15.0 Å². The zero-order valence-corrected chi connectivity index (χ0v) is 15.8. The molecule has 3 saturated heterocycles. The van der Waals surface area contributed by atoms with E-state index in [4.69, 9.17) is 25.2 Å². The van der Waals surface area contributed by atoms with E-state index in [1.165, 1.54) is 18.4 Å². The van der Waals surface area contributed by atoms with E-state index in [0.717, 1.165) is 62.4 Å². The molecular weight excluding hydrogens is 356 g/mol. The molecular formula is C20H24N6O2. The number of nitrogens with zero attached hydrogens (tertiary/aromatic N) is 5. The van der Waals surface area contributed by atoms with Crippen LogP contribution in [-0.4, -0.2) is 66.0 Å². The molecule has 146 valence electrons. The number of nitrogens with two attached hydrogens (primary N) is 1. The number of hydrogen-bond acceptors (Lipinski definition) is 8. The maximum Gasteiger partial charge on any atom is 0.165 e. The summed E-state index contributed by atoms with van der Waals surface area (Å²) >= 11 is 0. The molecule has 2 aromatic rings. The van der Waals surface area contributed by atoms with Gasteiger partial charge in [-0.1, -0.05) is 0 Å². The number of morpholine rings is 2. The second-order valence-electron chi connectivity index (χ2n) is 8.10. The first-order chi connectivity index (χ1) is 13.8. The third kappa shape index (κ3) is 2.48. The van der Waals surface area contributed by atoms with Crippen molar-refractivity contribution in [2.24, 2.45) is 0 Å². The molecule has 2 N–H and O–H groups in total. The minimum atomic E-state index is 0.357. The van der Waals surface area contributed by atoms with Crippen LogP contribution >= 0.6 is 0 Å². The van der Waals surface area contributed by atoms with Crippen LogP contribution in [-0.2, 0) is 15.9 Å². The summed E-state index contributed by atoms with van der Waals surface area (Å²) in [6.07, 6.45) is 5.04. The predicted octanol–water partition coefficient (Wildman–Crippen LogP) is 1.25. The number of hydrogen-bond donors (Lipinski definition) is 1. The number of pyridine rings is 1. The second-order valence-corrected chi connectivity index (χ2v) is 8.10. The summed E-state index contributed by atoms with van der Waals surface area (Å²) in [6, 6.07) is 4.93. The highest BCUT2D eigenvalue weighted by Crippen LogP contribution is 2.43. The van der Waals surface area contributed by atoms with E-state index in [2.05, 4.69) is 14.8 Å². The smallest absolute Gasteiger partial charge is 0.165 e. The number of rotatable bonds is 2. The van der Waals surface area contributed by atoms with Gasteiger partial charge < -0.3 is 25.0 Å². The lowest BCUT2D eigenvalue weighted by Crippen LogP contribution is -2.46. The van der Waals surface area contributed by atoms with Crippen molar-refractivity contribution in [3.05, 3.63) is 23.9 Å². The first-order valence-electron chi connectivity index (χ1n) is 10.1. The van der Waals surface area contributed by atoms with Crippen molar-refractivity contribution in [3.63, 3.8) is 0 Å². The molecule has 0 radical (unpaired) electrons. The fraction of sp³-hybridized carbons (Fsp3) is 0.550. The maximum atomic E-state index is 5.81. The Hall–Kier alpha value is -2.45. The molecule has 0 aromatic carbocycles. The standard InChI is InChI=1S/C20H24N6O2/c21-17-4-1-12(8-22-17)18-23-19-16(7-15-11-27-6-5-25(15)19)20(24-18)26-13-2-3-14(26)10-28-9-13/h1,4,8,13-15H,2-3,5-7,9-11H2,(H2,21,22)/t13?,14?,15-/m0/s1. The van der Waals surface area contributed by atoms with E-state index in [1.807, 2.05) is 12.1 Å². The summed E-state index contributed by atoms with van der Waals surface area (Å²) in [5, 5.41) is 0. The molecule has 4 aliphatic rings. The van der Waals surface area contributed by atoms with Gasteiger partial charge in [-0.05, 0) is 25.0 Å². The van der Waals surface area contributed by atoms with Gasteiger partial charge >= 0.3 is 0 Å². The summed E-state index contributed by atoms with van der Waals surface area (Å²) < 4.78 is 11.5. The zero-order valence-electron chi connectivity index (χ0n) is 15.8. The first-order valence-corrected chi connectivity index (χ1v) is 10.1. The fourth-order valence-corrected chi connectivity index (χ4v) is 5.07. The lowest BCUT2D eigenvalue weighted by Gasteiger charge is -2.36. The number of fused-ring (bicyclic) bond motifs is 5. The summed E-state index contributed by atoms with van der Waals surface area (Å²) in [7, 11) is 0. The van der Waals surface area contributed by atoms with Crippen LogP contribution < -0.4 is 15.5 Å². The van der Waals surface area contributed by atoms with Gasteiger partial charge in [-0.15, -0.1) is 0 Å². The third-order valence-corrected chi connectivity index (χ3v) is 6.43. The molecule has 2 unspecified atom stereocenters. The van der Waals surface area contributed by atoms with Crippen molar-refractivity contribution in [1.82, 2.24) is 15.0 Å². The Morgan fingerprint density at radius 1 is 0.964 bits per heavy atom. The summed E-state index contributed by atoms with van der Waals surface area (Å²) in [5.74, 6) is 3.38. The number of nitrogen functional groups attached to an aromatic ring is 1. The van der Waals surface area contributed by atoms with Gasteiger partial charge in [-0.3, -0.25) is 0 Å². The van der Waals surface area contributed by atoms with Gasteiger partial charge in [-0.2, -0.15) is 0 Å².